The van der Waals surface area contributed by atoms with Crippen LogP contribution in [0.2, 0.25) is 0 Å². The summed E-state index contributed by atoms with van der Waals surface area (Å²) in [6.45, 7) is 3.48. The van der Waals surface area contributed by atoms with Crippen molar-refractivity contribution in [2.24, 2.45) is 0 Å². The highest BCUT2D eigenvalue weighted by Crippen LogP contribution is 2.23. The third kappa shape index (κ3) is 41.1. The first-order chi connectivity index (χ1) is 36.7. The lowest BCUT2D eigenvalue weighted by Gasteiger charge is -2.40. The van der Waals surface area contributed by atoms with Crippen molar-refractivity contribution in [1.29, 1.82) is 0 Å². The van der Waals surface area contributed by atoms with Crippen LogP contribution in [0.3, 0.4) is 0 Å². The molecule has 1 fully saturated rings. The summed E-state index contributed by atoms with van der Waals surface area (Å²) in [6.07, 6.45) is 54.9. The second-order valence-corrected chi connectivity index (χ2v) is 22.5. The lowest BCUT2D eigenvalue weighted by atomic mass is 9.98. The highest BCUT2D eigenvalue weighted by Gasteiger charge is 2.44. The zero-order valence-corrected chi connectivity index (χ0v) is 48.5. The van der Waals surface area contributed by atoms with Crippen LogP contribution in [0.4, 0.5) is 0 Å². The molecule has 8 N–H and O–H groups in total. The van der Waals surface area contributed by atoms with Gasteiger partial charge in [-0.1, -0.05) is 262 Å². The van der Waals surface area contributed by atoms with Gasteiger partial charge in [-0.05, 0) is 70.6 Å². The predicted octanol–water partition coefficient (Wildman–Crippen LogP) is 14.2. The summed E-state index contributed by atoms with van der Waals surface area (Å²) in [7, 11) is 0. The molecule has 0 spiro atoms. The summed E-state index contributed by atoms with van der Waals surface area (Å²) in [5.41, 5.74) is 0. The molecular formula is C64H121NO10. The number of aliphatic hydroxyl groups excluding tert-OH is 7. The standard InChI is InChI=1S/C64H121NO10/c1-3-5-7-9-11-13-15-17-19-21-23-25-27-28-29-30-32-34-36-38-40-42-44-46-48-50-52-57(68)63(73)65-55(54-74-64-62(72)61(71)60(70)58(53-66)75-64)59(69)56(67)51-49-47-45-43-41-39-37-35-33-31-26-24-22-20-18-16-14-12-10-8-6-4-2/h23,25,28-29,43,45,55-62,64,66-72H,3-22,24,26-27,30-42,44,46-54H2,1-2H3,(H,65,73)/b25-23-,29-28-,45-43+. The monoisotopic (exact) mass is 1060 g/mol. The highest BCUT2D eigenvalue weighted by molar-refractivity contribution is 5.80. The third-order valence-corrected chi connectivity index (χ3v) is 15.4. The third-order valence-electron chi connectivity index (χ3n) is 15.4. The first-order valence-electron chi connectivity index (χ1n) is 31.9. The molecule has 1 heterocycles. The quantitative estimate of drug-likeness (QED) is 0.0215. The SMILES string of the molecule is CCCCCCCCCCC/C=C\C/C=C\CCCCCCCCCCCCC(O)C(=O)NC(COC1OC(CO)C(O)C(O)C1O)C(O)C(O)CCC/C=C/CCCCCCCCCCCCCCCCCCC. The molecule has 1 aliphatic heterocycles. The van der Waals surface area contributed by atoms with Gasteiger partial charge in [0.1, 0.15) is 36.6 Å². The van der Waals surface area contributed by atoms with Crippen LogP contribution >= 0.6 is 0 Å². The molecule has 0 bridgehead atoms. The van der Waals surface area contributed by atoms with Gasteiger partial charge < -0.3 is 50.5 Å². The van der Waals surface area contributed by atoms with Gasteiger partial charge in [0, 0.05) is 0 Å². The smallest absolute Gasteiger partial charge is 0.249 e. The van der Waals surface area contributed by atoms with Gasteiger partial charge in [-0.3, -0.25) is 4.79 Å². The maximum atomic E-state index is 13.2. The summed E-state index contributed by atoms with van der Waals surface area (Å²) in [5.74, 6) is -0.706. The summed E-state index contributed by atoms with van der Waals surface area (Å²) in [4.78, 5) is 13.2. The number of aliphatic hydroxyl groups is 7. The lowest BCUT2D eigenvalue weighted by molar-refractivity contribution is -0.303. The molecule has 9 unspecified atom stereocenters. The Morgan fingerprint density at radius 3 is 1.23 bits per heavy atom. The first-order valence-corrected chi connectivity index (χ1v) is 31.9. The first kappa shape index (κ1) is 71.3. The molecular weight excluding hydrogens is 943 g/mol. The van der Waals surface area contributed by atoms with E-state index in [1.807, 2.05) is 0 Å². The second kappa shape index (κ2) is 53.0. The van der Waals surface area contributed by atoms with Crippen molar-refractivity contribution < 1.29 is 50.0 Å². The fourth-order valence-electron chi connectivity index (χ4n) is 10.2. The zero-order chi connectivity index (χ0) is 54.7. The number of carbonyl (C=O) groups excluding carboxylic acids is 1. The Bertz CT molecular complexity index is 1310. The molecule has 75 heavy (non-hydrogen) atoms. The van der Waals surface area contributed by atoms with Gasteiger partial charge in [0.15, 0.2) is 6.29 Å². The molecule has 1 saturated heterocycles. The van der Waals surface area contributed by atoms with Crippen molar-refractivity contribution in [3.05, 3.63) is 36.5 Å². The van der Waals surface area contributed by atoms with Crippen molar-refractivity contribution in [3.8, 4) is 0 Å². The lowest BCUT2D eigenvalue weighted by Crippen LogP contribution is -2.60. The Balaban J connectivity index is 2.28. The molecule has 1 rings (SSSR count). The molecule has 1 aliphatic rings. The van der Waals surface area contributed by atoms with E-state index in [4.69, 9.17) is 9.47 Å². The van der Waals surface area contributed by atoms with Crippen molar-refractivity contribution in [3.63, 3.8) is 0 Å². The molecule has 9 atom stereocenters. The second-order valence-electron chi connectivity index (χ2n) is 22.5. The minimum absolute atomic E-state index is 0.251. The van der Waals surface area contributed by atoms with Gasteiger partial charge in [0.05, 0.1) is 25.4 Å². The maximum Gasteiger partial charge on any atom is 0.249 e. The van der Waals surface area contributed by atoms with Gasteiger partial charge in [-0.25, -0.2) is 0 Å². The van der Waals surface area contributed by atoms with E-state index in [-0.39, 0.29) is 12.8 Å². The number of carbonyl (C=O) groups is 1. The van der Waals surface area contributed by atoms with Gasteiger partial charge in [-0.2, -0.15) is 0 Å². The van der Waals surface area contributed by atoms with Crippen molar-refractivity contribution in [2.45, 2.75) is 351 Å². The van der Waals surface area contributed by atoms with Crippen molar-refractivity contribution in [2.75, 3.05) is 13.2 Å². The Morgan fingerprint density at radius 2 is 0.827 bits per heavy atom. The number of hydrogen-bond acceptors (Lipinski definition) is 10. The van der Waals surface area contributed by atoms with Crippen LogP contribution in [-0.2, 0) is 14.3 Å². The number of rotatable bonds is 55. The van der Waals surface area contributed by atoms with Crippen molar-refractivity contribution in [1.82, 2.24) is 5.32 Å². The van der Waals surface area contributed by atoms with E-state index in [2.05, 4.69) is 55.6 Å². The Labute approximate surface area is 460 Å². The van der Waals surface area contributed by atoms with E-state index in [1.165, 1.54) is 205 Å². The van der Waals surface area contributed by atoms with E-state index in [0.29, 0.717) is 12.8 Å². The number of hydrogen-bond donors (Lipinski definition) is 8. The molecule has 0 aromatic rings. The average molecular weight is 1060 g/mol. The molecule has 0 saturated carbocycles. The van der Waals surface area contributed by atoms with Crippen LogP contribution < -0.4 is 5.32 Å². The molecule has 11 nitrogen and oxygen atoms in total. The molecule has 0 aromatic heterocycles. The van der Waals surface area contributed by atoms with Crippen molar-refractivity contribution >= 4 is 5.91 Å². The van der Waals surface area contributed by atoms with Crippen LogP contribution in [0.1, 0.15) is 296 Å². The summed E-state index contributed by atoms with van der Waals surface area (Å²) in [6, 6.07) is -1.19. The van der Waals surface area contributed by atoms with E-state index in [1.54, 1.807) is 0 Å². The van der Waals surface area contributed by atoms with E-state index >= 15 is 0 Å². The summed E-state index contributed by atoms with van der Waals surface area (Å²) in [5, 5.41) is 76.3. The van der Waals surface area contributed by atoms with Gasteiger partial charge in [0.2, 0.25) is 5.91 Å². The Morgan fingerprint density at radius 1 is 0.467 bits per heavy atom. The minimum Gasteiger partial charge on any atom is -0.394 e. The largest absolute Gasteiger partial charge is 0.394 e. The topological polar surface area (TPSA) is 189 Å². The summed E-state index contributed by atoms with van der Waals surface area (Å²) >= 11 is 0. The Kier molecular flexibility index (Phi) is 50.4. The molecule has 442 valence electrons. The fraction of sp³-hybridized carbons (Fsp3) is 0.891. The van der Waals surface area contributed by atoms with Crippen LogP contribution in [0, 0.1) is 0 Å². The van der Waals surface area contributed by atoms with Crippen LogP contribution in [0.5, 0.6) is 0 Å². The number of nitrogens with one attached hydrogen (secondary N) is 1. The number of ether oxygens (including phenoxy) is 2. The summed E-state index contributed by atoms with van der Waals surface area (Å²) < 4.78 is 11.2. The predicted molar refractivity (Wildman–Crippen MR) is 312 cm³/mol. The average Bonchev–Trinajstić information content (AvgIpc) is 3.41. The minimum atomic E-state index is -1.67. The van der Waals surface area contributed by atoms with Gasteiger partial charge in [-0.15, -0.1) is 0 Å². The zero-order valence-electron chi connectivity index (χ0n) is 48.5. The fourth-order valence-corrected chi connectivity index (χ4v) is 10.2. The van der Waals surface area contributed by atoms with E-state index < -0.39 is 74.2 Å². The number of allylic oxidation sites excluding steroid dienone is 6. The Hall–Kier alpha value is -1.67. The van der Waals surface area contributed by atoms with Crippen LogP contribution in [0.15, 0.2) is 36.5 Å². The van der Waals surface area contributed by atoms with E-state index in [0.717, 1.165) is 51.4 Å². The molecule has 11 heteroatoms. The number of amides is 1. The van der Waals surface area contributed by atoms with Crippen LogP contribution in [0.25, 0.3) is 0 Å². The molecule has 0 aliphatic carbocycles. The molecule has 0 radical (unpaired) electrons. The number of unbranched alkanes of at least 4 members (excludes halogenated alkanes) is 37. The highest BCUT2D eigenvalue weighted by atomic mass is 16.7. The maximum absolute atomic E-state index is 13.2. The van der Waals surface area contributed by atoms with Gasteiger partial charge >= 0.3 is 0 Å². The van der Waals surface area contributed by atoms with Gasteiger partial charge in [0.25, 0.3) is 0 Å². The van der Waals surface area contributed by atoms with Crippen LogP contribution in [-0.4, -0.2) is 110 Å². The normalized spacial score (nSPS) is 19.9. The molecule has 1 amide bonds. The van der Waals surface area contributed by atoms with E-state index in [9.17, 15) is 40.5 Å². The molecule has 0 aromatic carbocycles.